The van der Waals surface area contributed by atoms with Gasteiger partial charge in [-0.05, 0) is 39.2 Å². The number of nitrogens with one attached hydrogen (secondary N) is 1. The molecule has 1 aromatic heterocycles. The lowest BCUT2D eigenvalue weighted by atomic mass is 9.85. The molecule has 3 heterocycles. The Morgan fingerprint density at radius 3 is 2.80 bits per heavy atom. The summed E-state index contributed by atoms with van der Waals surface area (Å²) >= 11 is 0. The van der Waals surface area contributed by atoms with Gasteiger partial charge < -0.3 is 9.88 Å². The van der Waals surface area contributed by atoms with Crippen LogP contribution in [0.25, 0.3) is 0 Å². The second-order valence-electron chi connectivity index (χ2n) is 6.26. The number of aryl methyl sites for hydroxylation is 1. The van der Waals surface area contributed by atoms with E-state index < -0.39 is 10.0 Å². The van der Waals surface area contributed by atoms with Crippen molar-refractivity contribution in [1.29, 1.82) is 0 Å². The standard InChI is InChI=1S/C13H22N4O2S/c1-4-16-8-12(15-9-16)20(18,19)17-7-10-5-14-6-11(10)13(17,2)3/h8-11,14H,4-7H2,1-3H3. The van der Waals surface area contributed by atoms with Crippen LogP contribution in [0, 0.1) is 11.8 Å². The Hall–Kier alpha value is -0.920. The topological polar surface area (TPSA) is 67.2 Å². The lowest BCUT2D eigenvalue weighted by molar-refractivity contribution is 0.233. The molecule has 2 atom stereocenters. The lowest BCUT2D eigenvalue weighted by Gasteiger charge is -2.34. The van der Waals surface area contributed by atoms with Gasteiger partial charge in [-0.2, -0.15) is 4.31 Å². The predicted octanol–water partition coefficient (Wildman–Crippen LogP) is 0.521. The van der Waals surface area contributed by atoms with Gasteiger partial charge >= 0.3 is 0 Å². The summed E-state index contributed by atoms with van der Waals surface area (Å²) in [6.07, 6.45) is 3.20. The van der Waals surface area contributed by atoms with Crippen molar-refractivity contribution < 1.29 is 8.42 Å². The van der Waals surface area contributed by atoms with Crippen LogP contribution in [0.1, 0.15) is 20.8 Å². The Morgan fingerprint density at radius 2 is 2.20 bits per heavy atom. The minimum atomic E-state index is -3.50. The molecule has 0 saturated carbocycles. The highest BCUT2D eigenvalue weighted by Gasteiger charge is 2.54. The molecule has 0 aliphatic carbocycles. The van der Waals surface area contributed by atoms with Crippen LogP contribution >= 0.6 is 0 Å². The Kier molecular flexibility index (Phi) is 3.19. The molecule has 1 aromatic rings. The van der Waals surface area contributed by atoms with E-state index in [2.05, 4.69) is 10.3 Å². The van der Waals surface area contributed by atoms with Crippen molar-refractivity contribution in [2.24, 2.45) is 11.8 Å². The molecule has 0 spiro atoms. The van der Waals surface area contributed by atoms with Crippen LogP contribution in [0.15, 0.2) is 17.6 Å². The van der Waals surface area contributed by atoms with Crippen molar-refractivity contribution in [2.75, 3.05) is 19.6 Å². The van der Waals surface area contributed by atoms with Gasteiger partial charge in [0, 0.05) is 31.4 Å². The van der Waals surface area contributed by atoms with E-state index >= 15 is 0 Å². The average molecular weight is 298 g/mol. The van der Waals surface area contributed by atoms with E-state index in [1.165, 1.54) is 0 Å². The summed E-state index contributed by atoms with van der Waals surface area (Å²) in [6.45, 7) is 9.13. The molecular weight excluding hydrogens is 276 g/mol. The van der Waals surface area contributed by atoms with Crippen molar-refractivity contribution in [3.05, 3.63) is 12.5 Å². The number of hydrogen-bond acceptors (Lipinski definition) is 4. The van der Waals surface area contributed by atoms with Crippen LogP contribution in [0.4, 0.5) is 0 Å². The number of hydrogen-bond donors (Lipinski definition) is 1. The van der Waals surface area contributed by atoms with E-state index in [0.29, 0.717) is 18.4 Å². The SMILES string of the molecule is CCn1cnc(S(=O)(=O)N2CC3CNCC3C2(C)C)c1. The van der Waals surface area contributed by atoms with Gasteiger partial charge in [0.15, 0.2) is 5.03 Å². The third-order valence-corrected chi connectivity index (χ3v) is 6.76. The summed E-state index contributed by atoms with van der Waals surface area (Å²) in [4.78, 5) is 4.08. The third kappa shape index (κ3) is 1.91. The first kappa shape index (κ1) is 14.0. The Balaban J connectivity index is 1.95. The van der Waals surface area contributed by atoms with Crippen LogP contribution in [0.3, 0.4) is 0 Å². The largest absolute Gasteiger partial charge is 0.336 e. The normalized spacial score (nSPS) is 29.8. The summed E-state index contributed by atoms with van der Waals surface area (Å²) in [5.41, 5.74) is -0.358. The molecule has 3 rings (SSSR count). The Morgan fingerprint density at radius 1 is 1.45 bits per heavy atom. The highest BCUT2D eigenvalue weighted by atomic mass is 32.2. The van der Waals surface area contributed by atoms with Crippen molar-refractivity contribution in [3.8, 4) is 0 Å². The number of aromatic nitrogens is 2. The lowest BCUT2D eigenvalue weighted by Crippen LogP contribution is -2.47. The molecule has 0 radical (unpaired) electrons. The van der Waals surface area contributed by atoms with Crippen LogP contribution in [0.2, 0.25) is 0 Å². The zero-order chi connectivity index (χ0) is 14.5. The second-order valence-corrected chi connectivity index (χ2v) is 8.07. The molecule has 2 aliphatic rings. The van der Waals surface area contributed by atoms with E-state index in [9.17, 15) is 8.42 Å². The number of rotatable bonds is 3. The van der Waals surface area contributed by atoms with E-state index in [-0.39, 0.29) is 10.6 Å². The summed E-state index contributed by atoms with van der Waals surface area (Å²) in [5.74, 6) is 0.790. The molecule has 7 heteroatoms. The maximum absolute atomic E-state index is 12.8. The van der Waals surface area contributed by atoms with Gasteiger partial charge in [0.2, 0.25) is 0 Å². The molecule has 2 fully saturated rings. The molecule has 20 heavy (non-hydrogen) atoms. The fourth-order valence-electron chi connectivity index (χ4n) is 3.55. The summed E-state index contributed by atoms with van der Waals surface area (Å²) in [7, 11) is -3.50. The third-order valence-electron chi connectivity index (χ3n) is 4.82. The molecule has 1 N–H and O–H groups in total. The number of fused-ring (bicyclic) bond motifs is 1. The molecule has 2 saturated heterocycles. The van der Waals surface area contributed by atoms with Crippen molar-refractivity contribution in [2.45, 2.75) is 37.9 Å². The monoisotopic (exact) mass is 298 g/mol. The molecular formula is C13H22N4O2S. The predicted molar refractivity (Wildman–Crippen MR) is 75.7 cm³/mol. The molecule has 0 aromatic carbocycles. The average Bonchev–Trinajstić information content (AvgIpc) is 3.07. The molecule has 0 amide bonds. The number of sulfonamides is 1. The first-order valence-electron chi connectivity index (χ1n) is 7.12. The fourth-order valence-corrected chi connectivity index (χ4v) is 5.37. The van der Waals surface area contributed by atoms with Gasteiger partial charge in [0.05, 0.1) is 6.33 Å². The van der Waals surface area contributed by atoms with Crippen LogP contribution in [-0.4, -0.2) is 47.4 Å². The van der Waals surface area contributed by atoms with Gasteiger partial charge in [-0.15, -0.1) is 0 Å². The molecule has 0 bridgehead atoms. The molecule has 2 unspecified atom stereocenters. The number of imidazole rings is 1. The van der Waals surface area contributed by atoms with E-state index in [0.717, 1.165) is 19.6 Å². The van der Waals surface area contributed by atoms with Crippen molar-refractivity contribution in [3.63, 3.8) is 0 Å². The second kappa shape index (κ2) is 4.54. The highest BCUT2D eigenvalue weighted by molar-refractivity contribution is 7.89. The zero-order valence-electron chi connectivity index (χ0n) is 12.2. The summed E-state index contributed by atoms with van der Waals surface area (Å²) in [5, 5.41) is 3.53. The van der Waals surface area contributed by atoms with Gasteiger partial charge in [-0.3, -0.25) is 0 Å². The fraction of sp³-hybridized carbons (Fsp3) is 0.769. The quantitative estimate of drug-likeness (QED) is 0.883. The van der Waals surface area contributed by atoms with Crippen LogP contribution < -0.4 is 5.32 Å². The smallest absolute Gasteiger partial charge is 0.262 e. The Labute approximate surface area is 120 Å². The van der Waals surface area contributed by atoms with E-state index in [1.54, 1.807) is 21.4 Å². The Bertz CT molecular complexity index is 608. The van der Waals surface area contributed by atoms with E-state index in [4.69, 9.17) is 0 Å². The molecule has 2 aliphatic heterocycles. The van der Waals surface area contributed by atoms with Crippen LogP contribution in [-0.2, 0) is 16.6 Å². The van der Waals surface area contributed by atoms with Crippen LogP contribution in [0.5, 0.6) is 0 Å². The maximum Gasteiger partial charge on any atom is 0.262 e. The zero-order valence-corrected chi connectivity index (χ0v) is 13.0. The molecule has 112 valence electrons. The van der Waals surface area contributed by atoms with E-state index in [1.807, 2.05) is 20.8 Å². The highest BCUT2D eigenvalue weighted by Crippen LogP contribution is 2.43. The van der Waals surface area contributed by atoms with Gasteiger partial charge in [-0.1, -0.05) is 0 Å². The van der Waals surface area contributed by atoms with Gasteiger partial charge in [0.1, 0.15) is 0 Å². The van der Waals surface area contributed by atoms with Gasteiger partial charge in [0.25, 0.3) is 10.0 Å². The number of nitrogens with zero attached hydrogens (tertiary/aromatic N) is 3. The maximum atomic E-state index is 12.8. The summed E-state index contributed by atoms with van der Waals surface area (Å²) in [6, 6.07) is 0. The minimum absolute atomic E-state index is 0.167. The minimum Gasteiger partial charge on any atom is -0.336 e. The van der Waals surface area contributed by atoms with Gasteiger partial charge in [-0.25, -0.2) is 13.4 Å². The molecule has 6 nitrogen and oxygen atoms in total. The first-order chi connectivity index (χ1) is 9.37. The van der Waals surface area contributed by atoms with Crippen molar-refractivity contribution >= 4 is 10.0 Å². The van der Waals surface area contributed by atoms with Crippen molar-refractivity contribution in [1.82, 2.24) is 19.2 Å². The summed E-state index contributed by atoms with van der Waals surface area (Å²) < 4.78 is 29.1. The first-order valence-corrected chi connectivity index (χ1v) is 8.56.